The average Bonchev–Trinajstić information content (AvgIpc) is 3.67. The summed E-state index contributed by atoms with van der Waals surface area (Å²) in [6.45, 7) is 17.2. The third-order valence-corrected chi connectivity index (χ3v) is 12.9. The highest BCUT2D eigenvalue weighted by atomic mass is 35.5. The van der Waals surface area contributed by atoms with Gasteiger partial charge < -0.3 is 9.33 Å². The number of carbonyl (C=O) groups excluding carboxylic acids is 1. The summed E-state index contributed by atoms with van der Waals surface area (Å²) in [4.78, 5) is 14.8. The first-order valence-electron chi connectivity index (χ1n) is 13.2. The van der Waals surface area contributed by atoms with E-state index >= 15 is 0 Å². The maximum Gasteiger partial charge on any atom is 0.261 e. The number of benzene rings is 3. The summed E-state index contributed by atoms with van der Waals surface area (Å²) >= 11 is 6.23. The Kier molecular flexibility index (Phi) is 8.46. The molecule has 3 atom stereocenters. The Hall–Kier alpha value is -2.92. The van der Waals surface area contributed by atoms with E-state index < -0.39 is 8.32 Å². The van der Waals surface area contributed by atoms with Crippen LogP contribution in [0.2, 0.25) is 10.1 Å². The van der Waals surface area contributed by atoms with E-state index in [1.165, 1.54) is 10.4 Å². The van der Waals surface area contributed by atoms with E-state index in [0.29, 0.717) is 17.5 Å². The highest BCUT2D eigenvalue weighted by Gasteiger charge is 2.53. The van der Waals surface area contributed by atoms with Crippen molar-refractivity contribution in [3.63, 3.8) is 0 Å². The Morgan fingerprint density at radius 2 is 1.63 bits per heavy atom. The van der Waals surface area contributed by atoms with Crippen molar-refractivity contribution in [2.45, 2.75) is 45.2 Å². The summed E-state index contributed by atoms with van der Waals surface area (Å²) in [6.07, 6.45) is 4.62. The van der Waals surface area contributed by atoms with Crippen molar-refractivity contribution in [1.29, 1.82) is 0 Å². The molecule has 1 saturated carbocycles. The molecule has 0 aliphatic heterocycles. The lowest BCUT2D eigenvalue weighted by Gasteiger charge is -2.43. The smallest absolute Gasteiger partial charge is 0.261 e. The van der Waals surface area contributed by atoms with Crippen molar-refractivity contribution in [2.24, 2.45) is 11.8 Å². The van der Waals surface area contributed by atoms with E-state index in [1.807, 2.05) is 29.2 Å². The molecule has 0 heterocycles. The van der Waals surface area contributed by atoms with Crippen molar-refractivity contribution < 1.29 is 9.22 Å². The molecule has 3 aromatic rings. The normalized spacial score (nSPS) is 17.9. The van der Waals surface area contributed by atoms with Crippen LogP contribution < -0.4 is 15.3 Å². The molecule has 198 valence electrons. The molecule has 1 aliphatic carbocycles. The van der Waals surface area contributed by atoms with Gasteiger partial charge in [0.2, 0.25) is 5.91 Å². The standard InChI is InChI=1S/C33H38ClNO2Si/c1-7-25-21-27(34)19-20-32(25)35(24(3)36)31(8-2)30-22-26(30)23-37-38(33(4,5)6,28-15-11-9-12-16-28)29-17-13-10-14-18-29/h7-21,26,30-31H,1-2,22-23H2,3-6H3/t26-,30+,31?/m0/s1. The largest absolute Gasteiger partial charge is 0.407 e. The topological polar surface area (TPSA) is 29.5 Å². The Bertz CT molecular complexity index is 1250. The highest BCUT2D eigenvalue weighted by molar-refractivity contribution is 6.99. The second kappa shape index (κ2) is 11.4. The predicted molar refractivity (Wildman–Crippen MR) is 164 cm³/mol. The molecule has 1 fully saturated rings. The third-order valence-electron chi connectivity index (χ3n) is 7.69. The van der Waals surface area contributed by atoms with E-state index in [2.05, 4.69) is 94.6 Å². The van der Waals surface area contributed by atoms with Crippen molar-refractivity contribution in [2.75, 3.05) is 11.5 Å². The van der Waals surface area contributed by atoms with Crippen LogP contribution in [0.3, 0.4) is 0 Å². The molecule has 0 N–H and O–H groups in total. The fourth-order valence-electron chi connectivity index (χ4n) is 5.79. The molecule has 1 unspecified atom stereocenters. The van der Waals surface area contributed by atoms with Gasteiger partial charge in [-0.3, -0.25) is 4.79 Å². The minimum atomic E-state index is -2.61. The lowest BCUT2D eigenvalue weighted by molar-refractivity contribution is -0.117. The van der Waals surface area contributed by atoms with Crippen molar-refractivity contribution >= 4 is 48.0 Å². The van der Waals surface area contributed by atoms with Gasteiger partial charge in [-0.2, -0.15) is 0 Å². The first kappa shape index (κ1) is 28.1. The molecule has 5 heteroatoms. The Balaban J connectivity index is 1.64. The monoisotopic (exact) mass is 543 g/mol. The second-order valence-corrected chi connectivity index (χ2v) is 15.9. The molecule has 38 heavy (non-hydrogen) atoms. The minimum Gasteiger partial charge on any atom is -0.407 e. The number of nitrogens with zero attached hydrogens (tertiary/aromatic N) is 1. The summed E-state index contributed by atoms with van der Waals surface area (Å²) < 4.78 is 7.19. The third kappa shape index (κ3) is 5.44. The Labute approximate surface area is 233 Å². The molecule has 1 amide bonds. The van der Waals surface area contributed by atoms with Gasteiger partial charge in [0.05, 0.1) is 11.7 Å². The molecule has 0 bridgehead atoms. The lowest BCUT2D eigenvalue weighted by Crippen LogP contribution is -2.66. The van der Waals surface area contributed by atoms with Crippen LogP contribution >= 0.6 is 11.6 Å². The van der Waals surface area contributed by atoms with Crippen molar-refractivity contribution in [1.82, 2.24) is 0 Å². The summed E-state index contributed by atoms with van der Waals surface area (Å²) in [5.41, 5.74) is 1.64. The molecular weight excluding hydrogens is 506 g/mol. The maximum atomic E-state index is 12.9. The molecule has 3 nitrogen and oxygen atoms in total. The van der Waals surface area contributed by atoms with Crippen LogP contribution in [0.5, 0.6) is 0 Å². The predicted octanol–water partition coefficient (Wildman–Crippen LogP) is 7.10. The van der Waals surface area contributed by atoms with Gasteiger partial charge >= 0.3 is 0 Å². The summed E-state index contributed by atoms with van der Waals surface area (Å²) in [5, 5.41) is 3.09. The van der Waals surface area contributed by atoms with Crippen molar-refractivity contribution in [3.05, 3.63) is 109 Å². The summed E-state index contributed by atoms with van der Waals surface area (Å²) in [7, 11) is -2.61. The van der Waals surface area contributed by atoms with Gasteiger partial charge in [0, 0.05) is 18.6 Å². The maximum absolute atomic E-state index is 12.9. The Morgan fingerprint density at radius 3 is 2.11 bits per heavy atom. The zero-order valence-corrected chi connectivity index (χ0v) is 24.6. The first-order chi connectivity index (χ1) is 18.1. The van der Waals surface area contributed by atoms with Gasteiger partial charge in [-0.05, 0) is 57.4 Å². The van der Waals surface area contributed by atoms with Gasteiger partial charge in [0.15, 0.2) is 0 Å². The van der Waals surface area contributed by atoms with Gasteiger partial charge in [-0.15, -0.1) is 6.58 Å². The summed E-state index contributed by atoms with van der Waals surface area (Å²) in [6, 6.07) is 26.8. The number of hydrogen-bond acceptors (Lipinski definition) is 2. The van der Waals surface area contributed by atoms with Crippen LogP contribution in [0.25, 0.3) is 6.08 Å². The van der Waals surface area contributed by atoms with Gasteiger partial charge in [-0.25, -0.2) is 0 Å². The van der Waals surface area contributed by atoms with E-state index in [9.17, 15) is 4.79 Å². The number of anilines is 1. The van der Waals surface area contributed by atoms with Gasteiger partial charge in [0.25, 0.3) is 8.32 Å². The fourth-order valence-corrected chi connectivity index (χ4v) is 10.6. The second-order valence-electron chi connectivity index (χ2n) is 11.2. The number of carbonyl (C=O) groups is 1. The van der Waals surface area contributed by atoms with E-state index in [-0.39, 0.29) is 22.9 Å². The molecule has 0 radical (unpaired) electrons. The average molecular weight is 544 g/mol. The van der Waals surface area contributed by atoms with Crippen LogP contribution in [0.1, 0.15) is 39.7 Å². The van der Waals surface area contributed by atoms with Crippen LogP contribution in [0.4, 0.5) is 5.69 Å². The molecule has 4 rings (SSSR count). The highest BCUT2D eigenvalue weighted by Crippen LogP contribution is 2.47. The molecule has 0 saturated heterocycles. The molecule has 0 spiro atoms. The van der Waals surface area contributed by atoms with Crippen LogP contribution in [0, 0.1) is 11.8 Å². The van der Waals surface area contributed by atoms with Gasteiger partial charge in [-0.1, -0.05) is 112 Å². The summed E-state index contributed by atoms with van der Waals surface area (Å²) in [5.74, 6) is 0.572. The van der Waals surface area contributed by atoms with Crippen molar-refractivity contribution in [3.8, 4) is 0 Å². The molecule has 0 aromatic heterocycles. The van der Waals surface area contributed by atoms with Crippen LogP contribution in [-0.4, -0.2) is 26.9 Å². The molecular formula is C33H38ClNO2Si. The number of halogens is 1. The Morgan fingerprint density at radius 1 is 1.05 bits per heavy atom. The number of hydrogen-bond donors (Lipinski definition) is 0. The molecule has 3 aromatic carbocycles. The lowest BCUT2D eigenvalue weighted by atomic mass is 10.0. The van der Waals surface area contributed by atoms with E-state index in [1.54, 1.807) is 13.0 Å². The SMILES string of the molecule is C=Cc1cc(Cl)ccc1N(C(C)=O)C(C=C)[C@@H]1C[C@H]1CO[Si](c1ccccc1)(c1ccccc1)C(C)(C)C. The number of amides is 1. The van der Waals surface area contributed by atoms with E-state index in [0.717, 1.165) is 17.7 Å². The van der Waals surface area contributed by atoms with Crippen LogP contribution in [-0.2, 0) is 9.22 Å². The number of rotatable bonds is 10. The fraction of sp³-hybridized carbons (Fsp3) is 0.303. The van der Waals surface area contributed by atoms with Gasteiger partial charge in [0.1, 0.15) is 0 Å². The zero-order chi connectivity index (χ0) is 27.5. The van der Waals surface area contributed by atoms with E-state index in [4.69, 9.17) is 16.0 Å². The quantitative estimate of drug-likeness (QED) is 0.201. The first-order valence-corrected chi connectivity index (χ1v) is 15.5. The molecule has 1 aliphatic rings. The zero-order valence-electron chi connectivity index (χ0n) is 22.9. The minimum absolute atomic E-state index is 0.0288. The van der Waals surface area contributed by atoms with Crippen LogP contribution in [0.15, 0.2) is 98.1 Å².